The number of alkyl halides is 2. The molecule has 1 aliphatic rings. The van der Waals surface area contributed by atoms with E-state index >= 15 is 0 Å². The van der Waals surface area contributed by atoms with E-state index in [1.54, 1.807) is 6.08 Å². The van der Waals surface area contributed by atoms with Gasteiger partial charge in [0.1, 0.15) is 0 Å². The third-order valence-corrected chi connectivity index (χ3v) is 5.11. The van der Waals surface area contributed by atoms with Crippen LogP contribution in [0.15, 0.2) is 12.2 Å². The first-order valence-electron chi connectivity index (χ1n) is 9.96. The van der Waals surface area contributed by atoms with Crippen molar-refractivity contribution in [2.24, 2.45) is 5.92 Å². The minimum atomic E-state index is -3.36. The van der Waals surface area contributed by atoms with E-state index in [9.17, 15) is 23.5 Å². The number of rotatable bonds is 13. The highest BCUT2D eigenvalue weighted by Crippen LogP contribution is 2.34. The van der Waals surface area contributed by atoms with E-state index in [1.807, 2.05) is 6.92 Å². The van der Waals surface area contributed by atoms with E-state index in [2.05, 4.69) is 6.92 Å². The normalized spacial score (nSPS) is 21.7. The number of halogens is 2. The zero-order chi connectivity index (χ0) is 20.4. The van der Waals surface area contributed by atoms with Gasteiger partial charge in [-0.05, 0) is 25.2 Å². The number of aliphatic carboxylic acids is 1. The number of carboxylic acid groups (broad SMARTS) is 1. The van der Waals surface area contributed by atoms with Gasteiger partial charge in [-0.25, -0.2) is 0 Å². The Morgan fingerprint density at radius 2 is 1.96 bits per heavy atom. The molecule has 1 fully saturated rings. The highest BCUT2D eigenvalue weighted by molar-refractivity contribution is 5.86. The highest BCUT2D eigenvalue weighted by atomic mass is 19.3. The number of aliphatic hydroxyl groups is 1. The predicted octanol–water partition coefficient (Wildman–Crippen LogP) is 4.00. The molecule has 7 heteroatoms. The Bertz CT molecular complexity index is 510. The lowest BCUT2D eigenvalue weighted by Gasteiger charge is -2.22. The van der Waals surface area contributed by atoms with Crippen molar-refractivity contribution < 1.29 is 28.6 Å². The number of carbonyl (C=O) groups excluding carboxylic acids is 1. The van der Waals surface area contributed by atoms with Gasteiger partial charge in [0.2, 0.25) is 0 Å². The number of nitrogens with zero attached hydrogens (tertiary/aromatic N) is 1. The molecule has 1 rings (SSSR count). The number of amides is 1. The molecule has 3 atom stereocenters. The Morgan fingerprint density at radius 3 is 2.59 bits per heavy atom. The molecule has 0 saturated carbocycles. The first-order chi connectivity index (χ1) is 12.7. The lowest BCUT2D eigenvalue weighted by atomic mass is 9.97. The summed E-state index contributed by atoms with van der Waals surface area (Å²) < 4.78 is 27.7. The fraction of sp³-hybridized carbons (Fsp3) is 0.800. The van der Waals surface area contributed by atoms with Gasteiger partial charge >= 0.3 is 11.9 Å². The summed E-state index contributed by atoms with van der Waals surface area (Å²) in [5.74, 6) is -5.32. The molecule has 0 spiro atoms. The van der Waals surface area contributed by atoms with E-state index in [4.69, 9.17) is 5.11 Å². The van der Waals surface area contributed by atoms with E-state index in [0.29, 0.717) is 25.7 Å². The number of hydrogen-bond acceptors (Lipinski definition) is 3. The van der Waals surface area contributed by atoms with Gasteiger partial charge < -0.3 is 15.1 Å². The molecule has 1 saturated heterocycles. The molecule has 1 aliphatic heterocycles. The summed E-state index contributed by atoms with van der Waals surface area (Å²) in [5, 5.41) is 18.8. The van der Waals surface area contributed by atoms with Gasteiger partial charge in [0.25, 0.3) is 5.91 Å². The Morgan fingerprint density at radius 1 is 1.30 bits per heavy atom. The number of likely N-dealkylation sites (tertiary alicyclic amines) is 1. The summed E-state index contributed by atoms with van der Waals surface area (Å²) in [4.78, 5) is 23.6. The second-order valence-electron chi connectivity index (χ2n) is 7.53. The predicted molar refractivity (Wildman–Crippen MR) is 99.6 cm³/mol. The summed E-state index contributed by atoms with van der Waals surface area (Å²) in [6, 6.07) is -0.709. The van der Waals surface area contributed by atoms with Gasteiger partial charge in [-0.1, -0.05) is 51.7 Å². The van der Waals surface area contributed by atoms with Crippen molar-refractivity contribution in [3.63, 3.8) is 0 Å². The quantitative estimate of drug-likeness (QED) is 0.369. The SMILES string of the molecule is CCCC[C@H](C)[C@@H](O)C=C[C@H]1CC(F)(F)C(=O)N1CCCCCCC(=O)O. The molecule has 0 aromatic heterocycles. The molecular formula is C20H33F2NO4. The minimum Gasteiger partial charge on any atom is -0.481 e. The number of carboxylic acids is 1. The van der Waals surface area contributed by atoms with Gasteiger partial charge in [-0.15, -0.1) is 0 Å². The van der Waals surface area contributed by atoms with E-state index in [1.165, 1.54) is 11.0 Å². The van der Waals surface area contributed by atoms with E-state index in [0.717, 1.165) is 19.3 Å². The zero-order valence-corrected chi connectivity index (χ0v) is 16.4. The first-order valence-corrected chi connectivity index (χ1v) is 9.96. The average molecular weight is 389 g/mol. The van der Waals surface area contributed by atoms with Crippen molar-refractivity contribution in [2.75, 3.05) is 6.54 Å². The molecule has 1 amide bonds. The van der Waals surface area contributed by atoms with Crippen LogP contribution in [0.4, 0.5) is 8.78 Å². The molecular weight excluding hydrogens is 356 g/mol. The van der Waals surface area contributed by atoms with Crippen LogP contribution in [0.2, 0.25) is 0 Å². The lowest BCUT2D eigenvalue weighted by molar-refractivity contribution is -0.148. The highest BCUT2D eigenvalue weighted by Gasteiger charge is 2.52. The van der Waals surface area contributed by atoms with Crippen molar-refractivity contribution in [3.8, 4) is 0 Å². The van der Waals surface area contributed by atoms with Crippen LogP contribution in [0, 0.1) is 5.92 Å². The number of unbranched alkanes of at least 4 members (excludes halogenated alkanes) is 4. The maximum Gasteiger partial charge on any atom is 0.327 e. The minimum absolute atomic E-state index is 0.0431. The van der Waals surface area contributed by atoms with Crippen molar-refractivity contribution >= 4 is 11.9 Å². The van der Waals surface area contributed by atoms with Gasteiger partial charge in [0.15, 0.2) is 0 Å². The molecule has 5 nitrogen and oxygen atoms in total. The third-order valence-electron chi connectivity index (χ3n) is 5.11. The molecule has 0 aromatic rings. The second kappa shape index (κ2) is 11.4. The molecule has 0 radical (unpaired) electrons. The van der Waals surface area contributed by atoms with Crippen LogP contribution in [-0.2, 0) is 9.59 Å². The average Bonchev–Trinajstić information content (AvgIpc) is 2.82. The second-order valence-corrected chi connectivity index (χ2v) is 7.53. The molecule has 0 bridgehead atoms. The van der Waals surface area contributed by atoms with E-state index < -0.39 is 36.4 Å². The van der Waals surface area contributed by atoms with Crippen LogP contribution in [-0.4, -0.2) is 51.6 Å². The summed E-state index contributed by atoms with van der Waals surface area (Å²) >= 11 is 0. The van der Waals surface area contributed by atoms with Crippen LogP contribution >= 0.6 is 0 Å². The summed E-state index contributed by atoms with van der Waals surface area (Å²) in [6.45, 7) is 4.21. The number of aliphatic hydroxyl groups excluding tert-OH is 1. The van der Waals surface area contributed by atoms with Gasteiger partial charge in [0.05, 0.1) is 12.1 Å². The van der Waals surface area contributed by atoms with Crippen molar-refractivity contribution in [1.82, 2.24) is 4.90 Å². The Balaban J connectivity index is 2.55. The molecule has 1 heterocycles. The summed E-state index contributed by atoms with van der Waals surface area (Å²) in [7, 11) is 0. The number of hydrogen-bond donors (Lipinski definition) is 2. The Hall–Kier alpha value is -1.50. The van der Waals surface area contributed by atoms with Crippen molar-refractivity contribution in [2.45, 2.75) is 89.7 Å². The van der Waals surface area contributed by atoms with Crippen LogP contribution in [0.3, 0.4) is 0 Å². The standard InChI is InChI=1S/C20H33F2NO4/c1-3-4-9-15(2)17(24)12-11-16-14-20(21,22)19(27)23(16)13-8-6-5-7-10-18(25)26/h11-12,15-17,24H,3-10,13-14H2,1-2H3,(H,25,26)/t15-,16-,17-/m0/s1. The maximum atomic E-state index is 13.9. The van der Waals surface area contributed by atoms with Crippen LogP contribution in [0.5, 0.6) is 0 Å². The first kappa shape index (κ1) is 23.5. The van der Waals surface area contributed by atoms with Crippen molar-refractivity contribution in [3.05, 3.63) is 12.2 Å². The monoisotopic (exact) mass is 389 g/mol. The van der Waals surface area contributed by atoms with Crippen molar-refractivity contribution in [1.29, 1.82) is 0 Å². The molecule has 156 valence electrons. The zero-order valence-electron chi connectivity index (χ0n) is 16.4. The molecule has 27 heavy (non-hydrogen) atoms. The Kier molecular flexibility index (Phi) is 9.91. The van der Waals surface area contributed by atoms with Crippen LogP contribution < -0.4 is 0 Å². The Labute approximate surface area is 160 Å². The fourth-order valence-corrected chi connectivity index (χ4v) is 3.30. The molecule has 0 aliphatic carbocycles. The van der Waals surface area contributed by atoms with Crippen LogP contribution in [0.1, 0.15) is 71.6 Å². The third kappa shape index (κ3) is 7.95. The van der Waals surface area contributed by atoms with Gasteiger partial charge in [-0.2, -0.15) is 8.78 Å². The largest absolute Gasteiger partial charge is 0.481 e. The number of carbonyl (C=O) groups is 2. The van der Waals surface area contributed by atoms with E-state index in [-0.39, 0.29) is 18.9 Å². The summed E-state index contributed by atoms with van der Waals surface area (Å²) in [5.41, 5.74) is 0. The molecule has 0 unspecified atom stereocenters. The molecule has 0 aromatic carbocycles. The van der Waals surface area contributed by atoms with Gasteiger partial charge in [-0.3, -0.25) is 9.59 Å². The summed E-state index contributed by atoms with van der Waals surface area (Å²) in [6.07, 6.45) is 7.29. The smallest absolute Gasteiger partial charge is 0.327 e. The molecule has 2 N–H and O–H groups in total. The fourth-order valence-electron chi connectivity index (χ4n) is 3.30. The lowest BCUT2D eigenvalue weighted by Crippen LogP contribution is -2.36. The topological polar surface area (TPSA) is 77.8 Å². The van der Waals surface area contributed by atoms with Gasteiger partial charge in [0, 0.05) is 19.4 Å². The van der Waals surface area contributed by atoms with Crippen LogP contribution in [0.25, 0.3) is 0 Å². The maximum absolute atomic E-state index is 13.9.